The van der Waals surface area contributed by atoms with Crippen LogP contribution in [0, 0.1) is 11.6 Å². The number of hydrogen-bond acceptors (Lipinski definition) is 10. The van der Waals surface area contributed by atoms with Gasteiger partial charge in [0, 0.05) is 23.2 Å². The predicted octanol–water partition coefficient (Wildman–Crippen LogP) is 3.31. The number of nitrogens with zero attached hydrogens (tertiary/aromatic N) is 7. The summed E-state index contributed by atoms with van der Waals surface area (Å²) in [6.45, 7) is 0.109. The van der Waals surface area contributed by atoms with Gasteiger partial charge in [-0.15, -0.1) is 0 Å². The minimum Gasteiger partial charge on any atom is -0.491 e. The number of benzene rings is 2. The minimum atomic E-state index is -0.900. The topological polar surface area (TPSA) is 188 Å². The molecule has 1 amide bonds. The second kappa shape index (κ2) is 10.1. The van der Waals surface area contributed by atoms with E-state index in [1.807, 2.05) is 0 Å². The van der Waals surface area contributed by atoms with Crippen LogP contribution in [0.1, 0.15) is 6.42 Å². The summed E-state index contributed by atoms with van der Waals surface area (Å²) in [6.07, 6.45) is 2.61. The van der Waals surface area contributed by atoms with Crippen LogP contribution >= 0.6 is 0 Å². The van der Waals surface area contributed by atoms with Crippen LogP contribution in [0.4, 0.5) is 26.1 Å². The van der Waals surface area contributed by atoms with Gasteiger partial charge in [-0.2, -0.15) is 10.2 Å². The number of ether oxygens (including phenoxy) is 1. The molecule has 0 radical (unpaired) electrons. The van der Waals surface area contributed by atoms with Crippen LogP contribution in [0.2, 0.25) is 0 Å². The Bertz CT molecular complexity index is 1910. The van der Waals surface area contributed by atoms with Crippen LogP contribution in [-0.4, -0.2) is 52.9 Å². The van der Waals surface area contributed by atoms with Gasteiger partial charge in [-0.05, 0) is 24.3 Å². The van der Waals surface area contributed by atoms with E-state index in [0.717, 1.165) is 17.7 Å². The summed E-state index contributed by atoms with van der Waals surface area (Å²) < 4.78 is 35.1. The van der Waals surface area contributed by atoms with Crippen LogP contribution in [0.15, 0.2) is 49.1 Å². The quantitative estimate of drug-likeness (QED) is 0.227. The van der Waals surface area contributed by atoms with Crippen molar-refractivity contribution in [2.75, 3.05) is 23.9 Å². The maximum Gasteiger partial charge on any atom is 0.226 e. The molecule has 0 saturated carbocycles. The molecule has 6 rings (SSSR count). The van der Waals surface area contributed by atoms with Crippen molar-refractivity contribution in [3.8, 4) is 28.3 Å². The van der Waals surface area contributed by atoms with Crippen LogP contribution in [0.5, 0.6) is 5.75 Å². The van der Waals surface area contributed by atoms with Crippen LogP contribution < -0.4 is 21.5 Å². The zero-order valence-electron chi connectivity index (χ0n) is 21.4. The highest BCUT2D eigenvalue weighted by molar-refractivity contribution is 5.99. The molecule has 4 aromatic heterocycles. The highest BCUT2D eigenvalue weighted by Crippen LogP contribution is 2.34. The number of carbonyl (C=O) groups is 1. The number of anilines is 3. The van der Waals surface area contributed by atoms with E-state index in [0.29, 0.717) is 39.3 Å². The molecule has 0 bridgehead atoms. The van der Waals surface area contributed by atoms with Gasteiger partial charge in [0.25, 0.3) is 0 Å². The highest BCUT2D eigenvalue weighted by atomic mass is 19.1. The lowest BCUT2D eigenvalue weighted by Crippen LogP contribution is -2.15. The number of carbonyl (C=O) groups excluding carboxylic acids is 1. The van der Waals surface area contributed by atoms with Gasteiger partial charge < -0.3 is 21.5 Å². The molecule has 0 saturated heterocycles. The Labute approximate surface area is 229 Å². The Morgan fingerprint density at radius 3 is 2.37 bits per heavy atom. The van der Waals surface area contributed by atoms with Crippen molar-refractivity contribution in [2.24, 2.45) is 0 Å². The first-order valence-corrected chi connectivity index (χ1v) is 12.2. The molecular weight excluding hydrogens is 536 g/mol. The van der Waals surface area contributed by atoms with Gasteiger partial charge in [-0.1, -0.05) is 12.1 Å². The predicted molar refractivity (Wildman–Crippen MR) is 146 cm³/mol. The van der Waals surface area contributed by atoms with Gasteiger partial charge in [-0.3, -0.25) is 9.89 Å². The number of nitrogens with one attached hydrogen (secondary N) is 2. The highest BCUT2D eigenvalue weighted by Gasteiger charge is 2.21. The lowest BCUT2D eigenvalue weighted by atomic mass is 10.1. The fourth-order valence-electron chi connectivity index (χ4n) is 4.52. The fourth-order valence-corrected chi connectivity index (χ4v) is 4.52. The normalized spacial score (nSPS) is 11.3. The standard InChI is InChI=1S/C26H21F2N11O2/c1-41-22-15(27)8-13(9-16(22)28)21-19-24(30)32-11-34-26(19)39(38-21)7-6-17(40)35-14-4-2-12(3-5-14)20-18-23(29)31-10-33-25(18)37-36-20/h2-5,8-11H,6-7H2,1H3,(H,35,40)(H2,30,32,34)(H3,29,31,33,36,37). The molecule has 13 nitrogen and oxygen atoms in total. The van der Waals surface area contributed by atoms with Crippen molar-refractivity contribution in [2.45, 2.75) is 13.0 Å². The van der Waals surface area contributed by atoms with Crippen molar-refractivity contribution in [3.63, 3.8) is 0 Å². The number of H-pyrrole nitrogens is 1. The Morgan fingerprint density at radius 2 is 1.66 bits per heavy atom. The maximum absolute atomic E-state index is 14.4. The SMILES string of the molecule is COc1c(F)cc(-c2nn(CCC(=O)Nc3ccc(-c4[nH]nc5ncnc(N)c45)cc3)c3ncnc(N)c23)cc1F. The molecule has 6 N–H and O–H groups in total. The number of aryl methyl sites for hydroxylation is 1. The number of nitrogen functional groups attached to an aromatic ring is 2. The number of amides is 1. The van der Waals surface area contributed by atoms with Crippen molar-refractivity contribution >= 4 is 45.3 Å². The number of fused-ring (bicyclic) bond motifs is 2. The van der Waals surface area contributed by atoms with Crippen molar-refractivity contribution < 1.29 is 18.3 Å². The second-order valence-corrected chi connectivity index (χ2v) is 8.93. The molecule has 0 spiro atoms. The molecule has 0 aliphatic rings. The van der Waals surface area contributed by atoms with Crippen LogP contribution in [-0.2, 0) is 11.3 Å². The Kier molecular flexibility index (Phi) is 6.30. The molecule has 4 heterocycles. The number of nitrogens with two attached hydrogens (primary N) is 2. The monoisotopic (exact) mass is 557 g/mol. The number of aromatic amines is 1. The molecule has 0 aliphatic heterocycles. The lowest BCUT2D eigenvalue weighted by Gasteiger charge is -2.07. The maximum atomic E-state index is 14.4. The number of halogens is 2. The molecule has 2 aromatic carbocycles. The summed E-state index contributed by atoms with van der Waals surface area (Å²) >= 11 is 0. The molecule has 6 aromatic rings. The second-order valence-electron chi connectivity index (χ2n) is 8.93. The number of rotatable bonds is 7. The van der Waals surface area contributed by atoms with E-state index in [2.05, 4.69) is 40.5 Å². The lowest BCUT2D eigenvalue weighted by molar-refractivity contribution is -0.116. The largest absolute Gasteiger partial charge is 0.491 e. The molecular formula is C26H21F2N11O2. The average Bonchev–Trinajstić information content (AvgIpc) is 3.56. The molecule has 206 valence electrons. The third-order valence-electron chi connectivity index (χ3n) is 6.42. The van der Waals surface area contributed by atoms with Gasteiger partial charge in [0.1, 0.15) is 30.0 Å². The fraction of sp³-hybridized carbons (Fsp3) is 0.115. The van der Waals surface area contributed by atoms with E-state index in [4.69, 9.17) is 16.2 Å². The Morgan fingerprint density at radius 1 is 0.976 bits per heavy atom. The third-order valence-corrected chi connectivity index (χ3v) is 6.42. The third kappa shape index (κ3) is 4.58. The number of hydrogen-bond donors (Lipinski definition) is 4. The summed E-state index contributed by atoms with van der Waals surface area (Å²) in [5.74, 6) is -2.22. The summed E-state index contributed by atoms with van der Waals surface area (Å²) in [7, 11) is 1.17. The van der Waals surface area contributed by atoms with Crippen LogP contribution in [0.3, 0.4) is 0 Å². The van der Waals surface area contributed by atoms with Crippen LogP contribution in [0.25, 0.3) is 44.6 Å². The van der Waals surface area contributed by atoms with E-state index in [1.54, 1.807) is 24.3 Å². The van der Waals surface area contributed by atoms with E-state index in [9.17, 15) is 13.6 Å². The van der Waals surface area contributed by atoms with Crippen molar-refractivity contribution in [1.29, 1.82) is 0 Å². The first-order chi connectivity index (χ1) is 19.8. The molecule has 0 unspecified atom stereocenters. The van der Waals surface area contributed by atoms with Crippen molar-refractivity contribution in [1.82, 2.24) is 39.9 Å². The first kappa shape index (κ1) is 25.5. The molecule has 0 atom stereocenters. The smallest absolute Gasteiger partial charge is 0.226 e. The minimum absolute atomic E-state index is 0.0201. The van der Waals surface area contributed by atoms with Crippen molar-refractivity contribution in [3.05, 3.63) is 60.7 Å². The Balaban J connectivity index is 1.20. The van der Waals surface area contributed by atoms with Gasteiger partial charge in [0.15, 0.2) is 28.7 Å². The van der Waals surface area contributed by atoms with Gasteiger partial charge >= 0.3 is 0 Å². The van der Waals surface area contributed by atoms with E-state index in [1.165, 1.54) is 24.4 Å². The zero-order valence-corrected chi connectivity index (χ0v) is 21.4. The van der Waals surface area contributed by atoms with E-state index < -0.39 is 17.4 Å². The first-order valence-electron chi connectivity index (χ1n) is 12.2. The van der Waals surface area contributed by atoms with Gasteiger partial charge in [-0.25, -0.2) is 33.4 Å². The summed E-state index contributed by atoms with van der Waals surface area (Å²) in [5, 5.41) is 15.3. The van der Waals surface area contributed by atoms with Gasteiger partial charge in [0.05, 0.1) is 30.1 Å². The van der Waals surface area contributed by atoms with E-state index >= 15 is 0 Å². The molecule has 0 aliphatic carbocycles. The average molecular weight is 558 g/mol. The number of methoxy groups -OCH3 is 1. The van der Waals surface area contributed by atoms with E-state index in [-0.39, 0.29) is 35.9 Å². The van der Waals surface area contributed by atoms with Gasteiger partial charge in [0.2, 0.25) is 5.91 Å². The summed E-state index contributed by atoms with van der Waals surface area (Å²) in [5.41, 5.74) is 15.1. The zero-order chi connectivity index (χ0) is 28.7. The molecule has 15 heteroatoms. The molecule has 41 heavy (non-hydrogen) atoms. The number of aromatic nitrogens is 8. The summed E-state index contributed by atoms with van der Waals surface area (Å²) in [4.78, 5) is 29.1. The Hall–Kier alpha value is -5.73. The summed E-state index contributed by atoms with van der Waals surface area (Å²) in [6, 6.07) is 9.25. The molecule has 0 fully saturated rings.